The minimum Gasteiger partial charge on any atom is -0.330 e. The standard InChI is InChI=1S/C11H15N5/c1-10(2)5-11(10,6-12)7-3-8-9(13-4-7)15-16-14-8/h3-4H,5-6,12H2,1-2H3,(H,13,14,15,16). The third-order valence-corrected chi connectivity index (χ3v) is 3.99. The minimum atomic E-state index is 0.0765. The summed E-state index contributed by atoms with van der Waals surface area (Å²) in [7, 11) is 0. The summed E-state index contributed by atoms with van der Waals surface area (Å²) in [5.74, 6) is 0. The van der Waals surface area contributed by atoms with Crippen LogP contribution in [0, 0.1) is 5.41 Å². The van der Waals surface area contributed by atoms with Gasteiger partial charge in [-0.2, -0.15) is 10.3 Å². The largest absolute Gasteiger partial charge is 0.330 e. The van der Waals surface area contributed by atoms with Gasteiger partial charge in [-0.15, -0.1) is 5.10 Å². The van der Waals surface area contributed by atoms with Crippen molar-refractivity contribution in [1.29, 1.82) is 0 Å². The van der Waals surface area contributed by atoms with Crippen LogP contribution in [0.25, 0.3) is 11.2 Å². The van der Waals surface area contributed by atoms with Crippen LogP contribution in [-0.2, 0) is 5.41 Å². The lowest BCUT2D eigenvalue weighted by atomic mass is 9.89. The Hall–Kier alpha value is -1.49. The third kappa shape index (κ3) is 1.06. The molecule has 1 unspecified atom stereocenters. The van der Waals surface area contributed by atoms with Crippen LogP contribution >= 0.6 is 0 Å². The van der Waals surface area contributed by atoms with Crippen LogP contribution in [0.2, 0.25) is 0 Å². The number of nitrogens with two attached hydrogens (primary N) is 1. The number of pyridine rings is 1. The number of aromatic amines is 1. The lowest BCUT2D eigenvalue weighted by Crippen LogP contribution is -2.25. The van der Waals surface area contributed by atoms with Crippen molar-refractivity contribution >= 4 is 11.2 Å². The maximum absolute atomic E-state index is 5.92. The fourth-order valence-electron chi connectivity index (χ4n) is 2.67. The van der Waals surface area contributed by atoms with E-state index in [1.807, 2.05) is 12.3 Å². The quantitative estimate of drug-likeness (QED) is 0.785. The average Bonchev–Trinajstić information content (AvgIpc) is 2.63. The van der Waals surface area contributed by atoms with E-state index < -0.39 is 0 Å². The van der Waals surface area contributed by atoms with Gasteiger partial charge in [0, 0.05) is 18.2 Å². The first-order valence-corrected chi connectivity index (χ1v) is 5.46. The van der Waals surface area contributed by atoms with Gasteiger partial charge in [-0.05, 0) is 23.5 Å². The van der Waals surface area contributed by atoms with Crippen molar-refractivity contribution in [3.05, 3.63) is 17.8 Å². The Morgan fingerprint density at radius 2 is 2.19 bits per heavy atom. The van der Waals surface area contributed by atoms with Gasteiger partial charge in [-0.3, -0.25) is 0 Å². The van der Waals surface area contributed by atoms with Crippen LogP contribution in [0.5, 0.6) is 0 Å². The van der Waals surface area contributed by atoms with E-state index in [4.69, 9.17) is 5.73 Å². The minimum absolute atomic E-state index is 0.0765. The molecule has 2 aromatic rings. The van der Waals surface area contributed by atoms with Crippen LogP contribution in [0.3, 0.4) is 0 Å². The summed E-state index contributed by atoms with van der Waals surface area (Å²) in [4.78, 5) is 4.30. The van der Waals surface area contributed by atoms with E-state index >= 15 is 0 Å². The van der Waals surface area contributed by atoms with Crippen LogP contribution < -0.4 is 5.73 Å². The third-order valence-electron chi connectivity index (χ3n) is 3.99. The van der Waals surface area contributed by atoms with Crippen molar-refractivity contribution < 1.29 is 0 Å². The Kier molecular flexibility index (Phi) is 1.70. The number of H-pyrrole nitrogens is 1. The van der Waals surface area contributed by atoms with E-state index in [9.17, 15) is 0 Å². The molecule has 0 radical (unpaired) electrons. The highest BCUT2D eigenvalue weighted by molar-refractivity contribution is 5.70. The monoisotopic (exact) mass is 217 g/mol. The lowest BCUT2D eigenvalue weighted by molar-refractivity contribution is 0.502. The summed E-state index contributed by atoms with van der Waals surface area (Å²) in [6.45, 7) is 5.14. The Bertz CT molecular complexity index is 544. The molecule has 3 N–H and O–H groups in total. The molecule has 84 valence electrons. The van der Waals surface area contributed by atoms with Crippen LogP contribution in [-0.4, -0.2) is 26.9 Å². The van der Waals surface area contributed by atoms with Gasteiger partial charge in [0.1, 0.15) is 5.52 Å². The van der Waals surface area contributed by atoms with Crippen molar-refractivity contribution in [3.8, 4) is 0 Å². The highest BCUT2D eigenvalue weighted by Gasteiger charge is 2.61. The van der Waals surface area contributed by atoms with E-state index in [0.717, 1.165) is 11.9 Å². The van der Waals surface area contributed by atoms with Crippen molar-refractivity contribution in [2.75, 3.05) is 6.54 Å². The van der Waals surface area contributed by atoms with Crippen molar-refractivity contribution in [2.24, 2.45) is 11.1 Å². The van der Waals surface area contributed by atoms with E-state index in [2.05, 4.69) is 34.2 Å². The molecule has 5 heteroatoms. The molecule has 5 nitrogen and oxygen atoms in total. The summed E-state index contributed by atoms with van der Waals surface area (Å²) in [5.41, 5.74) is 8.92. The lowest BCUT2D eigenvalue weighted by Gasteiger charge is -2.18. The van der Waals surface area contributed by atoms with Gasteiger partial charge in [0.2, 0.25) is 5.65 Å². The zero-order chi connectivity index (χ0) is 11.4. The summed E-state index contributed by atoms with van der Waals surface area (Å²) in [6, 6.07) is 2.05. The number of fused-ring (bicyclic) bond motifs is 1. The molecule has 0 aliphatic heterocycles. The van der Waals surface area contributed by atoms with Crippen LogP contribution in [0.1, 0.15) is 25.8 Å². The molecule has 1 fully saturated rings. The SMILES string of the molecule is CC1(C)CC1(CN)c1cnc2n[nH]nc2c1. The molecule has 0 saturated heterocycles. The topological polar surface area (TPSA) is 80.5 Å². The number of nitrogens with zero attached hydrogens (tertiary/aromatic N) is 3. The zero-order valence-electron chi connectivity index (χ0n) is 9.49. The van der Waals surface area contributed by atoms with Gasteiger partial charge in [-0.25, -0.2) is 4.98 Å². The molecule has 3 rings (SSSR count). The molecule has 1 atom stereocenters. The highest BCUT2D eigenvalue weighted by atomic mass is 15.3. The molecule has 2 aromatic heterocycles. The Morgan fingerprint density at radius 3 is 2.81 bits per heavy atom. The van der Waals surface area contributed by atoms with Crippen molar-refractivity contribution in [3.63, 3.8) is 0 Å². The maximum atomic E-state index is 5.92. The maximum Gasteiger partial charge on any atom is 0.201 e. The van der Waals surface area contributed by atoms with Gasteiger partial charge in [0.15, 0.2) is 0 Å². The van der Waals surface area contributed by atoms with E-state index in [0.29, 0.717) is 12.2 Å². The average molecular weight is 217 g/mol. The van der Waals surface area contributed by atoms with E-state index in [-0.39, 0.29) is 10.8 Å². The number of hydrogen-bond acceptors (Lipinski definition) is 4. The predicted molar refractivity (Wildman–Crippen MR) is 60.8 cm³/mol. The molecule has 16 heavy (non-hydrogen) atoms. The smallest absolute Gasteiger partial charge is 0.201 e. The van der Waals surface area contributed by atoms with Crippen LogP contribution in [0.4, 0.5) is 0 Å². The van der Waals surface area contributed by atoms with Gasteiger partial charge >= 0.3 is 0 Å². The predicted octanol–water partition coefficient (Wildman–Crippen LogP) is 0.979. The van der Waals surface area contributed by atoms with Crippen LogP contribution in [0.15, 0.2) is 12.3 Å². The molecule has 0 aromatic carbocycles. The normalized spacial score (nSPS) is 27.2. The summed E-state index contributed by atoms with van der Waals surface area (Å²) >= 11 is 0. The van der Waals surface area contributed by atoms with Gasteiger partial charge in [0.05, 0.1) is 0 Å². The molecule has 1 aliphatic carbocycles. The molecule has 2 heterocycles. The fourth-order valence-corrected chi connectivity index (χ4v) is 2.67. The zero-order valence-corrected chi connectivity index (χ0v) is 9.49. The van der Waals surface area contributed by atoms with E-state index in [1.165, 1.54) is 5.56 Å². The molecule has 0 amide bonds. The van der Waals surface area contributed by atoms with Gasteiger partial charge in [0.25, 0.3) is 0 Å². The Balaban J connectivity index is 2.12. The van der Waals surface area contributed by atoms with Crippen molar-refractivity contribution in [2.45, 2.75) is 25.7 Å². The molecular formula is C11H15N5. The molecule has 0 bridgehead atoms. The first-order valence-electron chi connectivity index (χ1n) is 5.46. The van der Waals surface area contributed by atoms with Gasteiger partial charge < -0.3 is 5.73 Å². The van der Waals surface area contributed by atoms with Crippen molar-refractivity contribution in [1.82, 2.24) is 20.4 Å². The molecule has 0 spiro atoms. The highest BCUT2D eigenvalue weighted by Crippen LogP contribution is 2.63. The summed E-state index contributed by atoms with van der Waals surface area (Å²) < 4.78 is 0. The number of aromatic nitrogens is 4. The second-order valence-corrected chi connectivity index (χ2v) is 5.24. The Morgan fingerprint density at radius 1 is 1.44 bits per heavy atom. The molecule has 1 aliphatic rings. The number of hydrogen-bond donors (Lipinski definition) is 2. The van der Waals surface area contributed by atoms with E-state index in [1.54, 1.807) is 0 Å². The second-order valence-electron chi connectivity index (χ2n) is 5.24. The van der Waals surface area contributed by atoms with Gasteiger partial charge in [-0.1, -0.05) is 13.8 Å². The summed E-state index contributed by atoms with van der Waals surface area (Å²) in [6.07, 6.45) is 2.99. The number of nitrogens with one attached hydrogen (secondary N) is 1. The number of rotatable bonds is 2. The first kappa shape index (κ1) is 9.72. The second kappa shape index (κ2) is 2.79. The fraction of sp³-hybridized carbons (Fsp3) is 0.545. The first-order chi connectivity index (χ1) is 7.59. The molecule has 1 saturated carbocycles. The summed E-state index contributed by atoms with van der Waals surface area (Å²) in [5, 5.41) is 10.6. The Labute approximate surface area is 93.4 Å². The molecular weight excluding hydrogens is 202 g/mol.